The maximum Gasteiger partial charge on any atom is 0.147 e. The van der Waals surface area contributed by atoms with E-state index in [0.29, 0.717) is 6.04 Å². The summed E-state index contributed by atoms with van der Waals surface area (Å²) in [6.45, 7) is 7.34. The molecule has 1 aromatic rings. The topological polar surface area (TPSA) is 42.7 Å². The van der Waals surface area contributed by atoms with Gasteiger partial charge >= 0.3 is 0 Å². The van der Waals surface area contributed by atoms with Gasteiger partial charge in [0.15, 0.2) is 0 Å². The van der Waals surface area contributed by atoms with Gasteiger partial charge in [-0.05, 0) is 53.0 Å². The number of nitrogens with one attached hydrogen (secondary N) is 1. The van der Waals surface area contributed by atoms with E-state index in [9.17, 15) is 0 Å². The first kappa shape index (κ1) is 11.6. The third-order valence-corrected chi connectivity index (χ3v) is 3.13. The second kappa shape index (κ2) is 4.95. The van der Waals surface area contributed by atoms with Crippen molar-refractivity contribution in [2.45, 2.75) is 58.5 Å². The Balaban J connectivity index is 1.73. The third kappa shape index (κ3) is 3.04. The molecule has 0 spiro atoms. The van der Waals surface area contributed by atoms with Crippen LogP contribution in [0.1, 0.15) is 50.3 Å². The first-order valence-electron chi connectivity index (χ1n) is 6.30. The highest BCUT2D eigenvalue weighted by atomic mass is 15.4. The number of aryl methyl sites for hydroxylation is 2. The minimum atomic E-state index is 0.460. The Labute approximate surface area is 97.5 Å². The molecule has 0 bridgehead atoms. The average molecular weight is 222 g/mol. The summed E-state index contributed by atoms with van der Waals surface area (Å²) < 4.78 is 2.05. The summed E-state index contributed by atoms with van der Waals surface area (Å²) in [6.07, 6.45) is 5.13. The largest absolute Gasteiger partial charge is 0.314 e. The van der Waals surface area contributed by atoms with E-state index in [4.69, 9.17) is 0 Å². The Bertz CT molecular complexity index is 341. The van der Waals surface area contributed by atoms with Crippen molar-refractivity contribution in [3.05, 3.63) is 11.6 Å². The van der Waals surface area contributed by atoms with Crippen LogP contribution in [0.2, 0.25) is 0 Å². The fourth-order valence-corrected chi connectivity index (χ4v) is 2.07. The second-order valence-electron chi connectivity index (χ2n) is 4.87. The number of rotatable bonds is 6. The lowest BCUT2D eigenvalue weighted by Gasteiger charge is -2.13. The first-order valence-corrected chi connectivity index (χ1v) is 6.30. The predicted molar refractivity (Wildman–Crippen MR) is 64.5 cm³/mol. The molecule has 1 atom stereocenters. The molecule has 0 aliphatic heterocycles. The molecule has 4 nitrogen and oxygen atoms in total. The number of hydrogen-bond acceptors (Lipinski definition) is 3. The monoisotopic (exact) mass is 222 g/mol. The van der Waals surface area contributed by atoms with E-state index in [1.54, 1.807) is 0 Å². The first-order chi connectivity index (χ1) is 7.66. The third-order valence-electron chi connectivity index (χ3n) is 3.13. The zero-order valence-electron chi connectivity index (χ0n) is 10.5. The molecule has 1 unspecified atom stereocenters. The van der Waals surface area contributed by atoms with Gasteiger partial charge in [0.05, 0.1) is 6.04 Å². The molecule has 2 rings (SSSR count). The van der Waals surface area contributed by atoms with Crippen LogP contribution in [0.4, 0.5) is 0 Å². The van der Waals surface area contributed by atoms with Gasteiger partial charge in [-0.3, -0.25) is 0 Å². The highest BCUT2D eigenvalue weighted by Crippen LogP contribution is 2.19. The van der Waals surface area contributed by atoms with Crippen LogP contribution >= 0.6 is 0 Å². The van der Waals surface area contributed by atoms with Crippen molar-refractivity contribution in [2.24, 2.45) is 0 Å². The van der Waals surface area contributed by atoms with Crippen LogP contribution in [0.15, 0.2) is 0 Å². The van der Waals surface area contributed by atoms with Gasteiger partial charge in [-0.2, -0.15) is 5.10 Å². The molecule has 1 heterocycles. The maximum absolute atomic E-state index is 4.42. The molecule has 0 radical (unpaired) electrons. The number of hydrogen-bond donors (Lipinski definition) is 1. The van der Waals surface area contributed by atoms with E-state index in [-0.39, 0.29) is 0 Å². The predicted octanol–water partition coefficient (Wildman–Crippen LogP) is 1.99. The molecule has 1 aliphatic rings. The maximum atomic E-state index is 4.42. The average Bonchev–Trinajstić information content (AvgIpc) is 2.98. The van der Waals surface area contributed by atoms with Crippen molar-refractivity contribution in [1.29, 1.82) is 0 Å². The lowest BCUT2D eigenvalue weighted by atomic mass is 10.2. The molecule has 1 aromatic heterocycles. The fourth-order valence-electron chi connectivity index (χ4n) is 2.07. The van der Waals surface area contributed by atoms with Gasteiger partial charge in [0.25, 0.3) is 0 Å². The molecule has 1 saturated carbocycles. The van der Waals surface area contributed by atoms with Crippen molar-refractivity contribution < 1.29 is 0 Å². The van der Waals surface area contributed by atoms with Crippen LogP contribution in [0.3, 0.4) is 0 Å². The van der Waals surface area contributed by atoms with Gasteiger partial charge in [0, 0.05) is 6.04 Å². The van der Waals surface area contributed by atoms with Crippen LogP contribution in [0.25, 0.3) is 0 Å². The molecule has 4 heteroatoms. The summed E-state index contributed by atoms with van der Waals surface area (Å²) in [5.74, 6) is 1.90. The minimum Gasteiger partial charge on any atom is -0.314 e. The van der Waals surface area contributed by atoms with E-state index in [2.05, 4.69) is 22.3 Å². The zero-order valence-corrected chi connectivity index (χ0v) is 10.5. The normalized spacial score (nSPS) is 17.7. The lowest BCUT2D eigenvalue weighted by molar-refractivity contribution is 0.428. The van der Waals surface area contributed by atoms with Gasteiger partial charge in [0.2, 0.25) is 0 Å². The standard InChI is InChI=1S/C12H22N4/c1-9(5-4-8-13-12-6-7-12)16-11(3)14-10(2)15-16/h9,12-13H,4-8H2,1-3H3. The van der Waals surface area contributed by atoms with Crippen molar-refractivity contribution in [3.63, 3.8) is 0 Å². The molecule has 1 fully saturated rings. The van der Waals surface area contributed by atoms with Crippen molar-refractivity contribution >= 4 is 0 Å². The van der Waals surface area contributed by atoms with Crippen LogP contribution in [0.5, 0.6) is 0 Å². The Hall–Kier alpha value is -0.900. The van der Waals surface area contributed by atoms with E-state index in [0.717, 1.165) is 24.2 Å². The zero-order chi connectivity index (χ0) is 11.5. The molecule has 1 aliphatic carbocycles. The highest BCUT2D eigenvalue weighted by Gasteiger charge is 2.19. The lowest BCUT2D eigenvalue weighted by Crippen LogP contribution is -2.19. The Morgan fingerprint density at radius 2 is 2.19 bits per heavy atom. The Morgan fingerprint density at radius 1 is 1.44 bits per heavy atom. The SMILES string of the molecule is Cc1nc(C)n(C(C)CCCNC2CC2)n1. The summed E-state index contributed by atoms with van der Waals surface area (Å²) in [4.78, 5) is 4.33. The summed E-state index contributed by atoms with van der Waals surface area (Å²) in [6, 6.07) is 1.29. The highest BCUT2D eigenvalue weighted by molar-refractivity contribution is 4.89. The van der Waals surface area contributed by atoms with Crippen LogP contribution in [-0.4, -0.2) is 27.4 Å². The summed E-state index contributed by atoms with van der Waals surface area (Å²) >= 11 is 0. The molecular weight excluding hydrogens is 200 g/mol. The van der Waals surface area contributed by atoms with Crippen molar-refractivity contribution in [3.8, 4) is 0 Å². The van der Waals surface area contributed by atoms with Crippen molar-refractivity contribution in [1.82, 2.24) is 20.1 Å². The second-order valence-corrected chi connectivity index (χ2v) is 4.87. The molecule has 0 aromatic carbocycles. The summed E-state index contributed by atoms with van der Waals surface area (Å²) in [7, 11) is 0. The van der Waals surface area contributed by atoms with Gasteiger partial charge in [0.1, 0.15) is 11.6 Å². The molecule has 1 N–H and O–H groups in total. The van der Waals surface area contributed by atoms with E-state index in [1.165, 1.54) is 25.7 Å². The Kier molecular flexibility index (Phi) is 3.59. The fraction of sp³-hybridized carbons (Fsp3) is 0.833. The van der Waals surface area contributed by atoms with Gasteiger partial charge < -0.3 is 5.32 Å². The summed E-state index contributed by atoms with van der Waals surface area (Å²) in [5.41, 5.74) is 0. The molecule has 0 amide bonds. The quantitative estimate of drug-likeness (QED) is 0.748. The van der Waals surface area contributed by atoms with Crippen LogP contribution in [-0.2, 0) is 0 Å². The van der Waals surface area contributed by atoms with Gasteiger partial charge in [-0.1, -0.05) is 0 Å². The van der Waals surface area contributed by atoms with Gasteiger partial charge in [-0.25, -0.2) is 9.67 Å². The van der Waals surface area contributed by atoms with E-state index < -0.39 is 0 Å². The Morgan fingerprint density at radius 3 is 2.75 bits per heavy atom. The minimum absolute atomic E-state index is 0.460. The number of nitrogens with zero attached hydrogens (tertiary/aromatic N) is 3. The van der Waals surface area contributed by atoms with Crippen molar-refractivity contribution in [2.75, 3.05) is 6.54 Å². The smallest absolute Gasteiger partial charge is 0.147 e. The van der Waals surface area contributed by atoms with E-state index in [1.807, 2.05) is 18.5 Å². The molecule has 0 saturated heterocycles. The number of aromatic nitrogens is 3. The van der Waals surface area contributed by atoms with Crippen LogP contribution < -0.4 is 5.32 Å². The summed E-state index contributed by atoms with van der Waals surface area (Å²) in [5, 5.41) is 7.96. The molecule has 16 heavy (non-hydrogen) atoms. The van der Waals surface area contributed by atoms with Gasteiger partial charge in [-0.15, -0.1) is 0 Å². The van der Waals surface area contributed by atoms with Crippen LogP contribution in [0, 0.1) is 13.8 Å². The molecular formula is C12H22N4. The molecule has 90 valence electrons. The van der Waals surface area contributed by atoms with E-state index >= 15 is 0 Å².